The Labute approximate surface area is 107 Å². The van der Waals surface area contributed by atoms with Crippen LogP contribution >= 0.6 is 0 Å². The van der Waals surface area contributed by atoms with Gasteiger partial charge in [-0.3, -0.25) is 4.79 Å². The Kier molecular flexibility index (Phi) is 5.40. The first-order valence-electron chi connectivity index (χ1n) is 6.50. The number of amidine groups is 1. The standard InChI is InChI=1S/C12H23N3O3/c1-2-7-15(8-9-16)11(17)12(10(13)14-18)5-3-4-6-12/h16,18H,2-9H2,1H3,(H2,13,14). The van der Waals surface area contributed by atoms with Crippen LogP contribution in [0.2, 0.25) is 0 Å². The second-order valence-corrected chi connectivity index (χ2v) is 4.79. The van der Waals surface area contributed by atoms with Crippen LogP contribution in [-0.4, -0.2) is 46.7 Å². The molecule has 1 fully saturated rings. The SMILES string of the molecule is CCCN(CCO)C(=O)C1(C(N)=NO)CCCC1. The molecule has 0 spiro atoms. The summed E-state index contributed by atoms with van der Waals surface area (Å²) >= 11 is 0. The number of carbonyl (C=O) groups is 1. The molecular weight excluding hydrogens is 234 g/mol. The number of oxime groups is 1. The third kappa shape index (κ3) is 2.75. The highest BCUT2D eigenvalue weighted by atomic mass is 16.4. The quantitative estimate of drug-likeness (QED) is 0.279. The Balaban J connectivity index is 2.94. The highest BCUT2D eigenvalue weighted by Crippen LogP contribution is 2.40. The fraction of sp³-hybridized carbons (Fsp3) is 0.833. The lowest BCUT2D eigenvalue weighted by Gasteiger charge is -2.33. The summed E-state index contributed by atoms with van der Waals surface area (Å²) in [4.78, 5) is 14.2. The highest BCUT2D eigenvalue weighted by Gasteiger charge is 2.47. The van der Waals surface area contributed by atoms with E-state index in [1.165, 1.54) is 0 Å². The van der Waals surface area contributed by atoms with Crippen LogP contribution in [-0.2, 0) is 4.79 Å². The maximum atomic E-state index is 12.6. The van der Waals surface area contributed by atoms with E-state index in [-0.39, 0.29) is 18.3 Å². The van der Waals surface area contributed by atoms with Crippen molar-refractivity contribution in [3.05, 3.63) is 0 Å². The van der Waals surface area contributed by atoms with Crippen molar-refractivity contribution >= 4 is 11.7 Å². The van der Waals surface area contributed by atoms with Gasteiger partial charge in [0.05, 0.1) is 6.61 Å². The predicted octanol–water partition coefficient (Wildman–Crippen LogP) is 0.524. The van der Waals surface area contributed by atoms with E-state index in [0.29, 0.717) is 25.9 Å². The minimum absolute atomic E-state index is 0.00374. The molecule has 0 unspecified atom stereocenters. The van der Waals surface area contributed by atoms with Crippen molar-refractivity contribution in [2.75, 3.05) is 19.7 Å². The molecule has 104 valence electrons. The first kappa shape index (κ1) is 14.8. The highest BCUT2D eigenvalue weighted by molar-refractivity contribution is 6.07. The molecule has 0 aromatic rings. The minimum atomic E-state index is -0.862. The Morgan fingerprint density at radius 1 is 1.39 bits per heavy atom. The van der Waals surface area contributed by atoms with E-state index in [2.05, 4.69) is 5.16 Å². The number of hydrogen-bond donors (Lipinski definition) is 3. The maximum absolute atomic E-state index is 12.6. The van der Waals surface area contributed by atoms with E-state index in [9.17, 15) is 4.79 Å². The number of carbonyl (C=O) groups excluding carboxylic acids is 1. The zero-order valence-electron chi connectivity index (χ0n) is 10.9. The lowest BCUT2D eigenvalue weighted by Crippen LogP contribution is -2.51. The third-order valence-electron chi connectivity index (χ3n) is 3.62. The molecule has 1 saturated carbocycles. The lowest BCUT2D eigenvalue weighted by molar-refractivity contribution is -0.138. The summed E-state index contributed by atoms with van der Waals surface area (Å²) in [7, 11) is 0. The molecule has 0 aromatic carbocycles. The van der Waals surface area contributed by atoms with Gasteiger partial charge in [0.25, 0.3) is 0 Å². The lowest BCUT2D eigenvalue weighted by atomic mass is 9.83. The molecule has 1 rings (SSSR count). The molecule has 1 aliphatic carbocycles. The van der Waals surface area contributed by atoms with Crippen molar-refractivity contribution in [3.63, 3.8) is 0 Å². The fourth-order valence-corrected chi connectivity index (χ4v) is 2.66. The van der Waals surface area contributed by atoms with Gasteiger partial charge in [0, 0.05) is 13.1 Å². The van der Waals surface area contributed by atoms with Gasteiger partial charge in [-0.15, -0.1) is 0 Å². The second-order valence-electron chi connectivity index (χ2n) is 4.79. The van der Waals surface area contributed by atoms with Crippen molar-refractivity contribution in [2.45, 2.75) is 39.0 Å². The van der Waals surface area contributed by atoms with Gasteiger partial charge in [-0.2, -0.15) is 0 Å². The first-order chi connectivity index (χ1) is 8.62. The molecule has 0 atom stereocenters. The summed E-state index contributed by atoms with van der Waals surface area (Å²) < 4.78 is 0. The van der Waals surface area contributed by atoms with Crippen LogP contribution < -0.4 is 5.73 Å². The molecule has 0 radical (unpaired) electrons. The Hall–Kier alpha value is -1.30. The van der Waals surface area contributed by atoms with E-state index in [0.717, 1.165) is 19.3 Å². The molecule has 0 aliphatic heterocycles. The summed E-state index contributed by atoms with van der Waals surface area (Å²) in [5.41, 5.74) is 4.87. The smallest absolute Gasteiger partial charge is 0.236 e. The van der Waals surface area contributed by atoms with Crippen molar-refractivity contribution in [1.29, 1.82) is 0 Å². The van der Waals surface area contributed by atoms with E-state index < -0.39 is 5.41 Å². The van der Waals surface area contributed by atoms with Crippen molar-refractivity contribution in [3.8, 4) is 0 Å². The molecule has 6 nitrogen and oxygen atoms in total. The summed E-state index contributed by atoms with van der Waals surface area (Å²) in [5.74, 6) is -0.116. The summed E-state index contributed by atoms with van der Waals surface area (Å²) in [5, 5.41) is 21.0. The van der Waals surface area contributed by atoms with Crippen LogP contribution in [0.3, 0.4) is 0 Å². The first-order valence-corrected chi connectivity index (χ1v) is 6.50. The normalized spacial score (nSPS) is 18.9. The molecule has 18 heavy (non-hydrogen) atoms. The van der Waals surface area contributed by atoms with Crippen LogP contribution in [0.1, 0.15) is 39.0 Å². The van der Waals surface area contributed by atoms with Crippen LogP contribution in [0, 0.1) is 5.41 Å². The number of nitrogens with zero attached hydrogens (tertiary/aromatic N) is 2. The van der Waals surface area contributed by atoms with E-state index in [4.69, 9.17) is 16.0 Å². The number of nitrogens with two attached hydrogens (primary N) is 1. The van der Waals surface area contributed by atoms with Crippen LogP contribution in [0.4, 0.5) is 0 Å². The van der Waals surface area contributed by atoms with Gasteiger partial charge in [0.15, 0.2) is 5.84 Å². The number of rotatable bonds is 6. The minimum Gasteiger partial charge on any atom is -0.409 e. The molecule has 0 saturated heterocycles. The van der Waals surface area contributed by atoms with Gasteiger partial charge < -0.3 is 20.9 Å². The van der Waals surface area contributed by atoms with Crippen molar-refractivity contribution < 1.29 is 15.1 Å². The fourth-order valence-electron chi connectivity index (χ4n) is 2.66. The number of aliphatic hydroxyl groups excluding tert-OH is 1. The van der Waals surface area contributed by atoms with Crippen LogP contribution in [0.25, 0.3) is 0 Å². The number of aliphatic hydroxyl groups is 1. The van der Waals surface area contributed by atoms with E-state index in [1.54, 1.807) is 4.90 Å². The second kappa shape index (κ2) is 6.58. The molecule has 0 heterocycles. The van der Waals surface area contributed by atoms with Crippen molar-refractivity contribution in [2.24, 2.45) is 16.3 Å². The van der Waals surface area contributed by atoms with Gasteiger partial charge in [-0.05, 0) is 19.3 Å². The Morgan fingerprint density at radius 2 is 2.00 bits per heavy atom. The summed E-state index contributed by atoms with van der Waals surface area (Å²) in [6, 6.07) is 0. The summed E-state index contributed by atoms with van der Waals surface area (Å²) in [6.45, 7) is 2.79. The van der Waals surface area contributed by atoms with E-state index >= 15 is 0 Å². The monoisotopic (exact) mass is 257 g/mol. The van der Waals surface area contributed by atoms with Crippen LogP contribution in [0.5, 0.6) is 0 Å². The summed E-state index contributed by atoms with van der Waals surface area (Å²) in [6.07, 6.45) is 3.86. The maximum Gasteiger partial charge on any atom is 0.236 e. The Morgan fingerprint density at radius 3 is 2.44 bits per heavy atom. The largest absolute Gasteiger partial charge is 0.409 e. The van der Waals surface area contributed by atoms with E-state index in [1.807, 2.05) is 6.92 Å². The third-order valence-corrected chi connectivity index (χ3v) is 3.62. The zero-order chi connectivity index (χ0) is 13.6. The van der Waals surface area contributed by atoms with Crippen molar-refractivity contribution in [1.82, 2.24) is 4.90 Å². The zero-order valence-corrected chi connectivity index (χ0v) is 10.9. The average molecular weight is 257 g/mol. The predicted molar refractivity (Wildman–Crippen MR) is 68.3 cm³/mol. The molecule has 1 amide bonds. The topological polar surface area (TPSA) is 99.2 Å². The van der Waals surface area contributed by atoms with Gasteiger partial charge >= 0.3 is 0 Å². The number of hydrogen-bond acceptors (Lipinski definition) is 4. The van der Waals surface area contributed by atoms with Gasteiger partial charge in [-0.25, -0.2) is 0 Å². The molecule has 1 aliphatic rings. The number of amides is 1. The van der Waals surface area contributed by atoms with Gasteiger partial charge in [0.2, 0.25) is 5.91 Å². The average Bonchev–Trinajstić information content (AvgIpc) is 2.87. The van der Waals surface area contributed by atoms with Gasteiger partial charge in [-0.1, -0.05) is 24.9 Å². The van der Waals surface area contributed by atoms with Crippen LogP contribution in [0.15, 0.2) is 5.16 Å². The molecule has 6 heteroatoms. The molecule has 0 aromatic heterocycles. The molecule has 0 bridgehead atoms. The Bertz CT molecular complexity index is 306. The molecule has 4 N–H and O–H groups in total. The van der Waals surface area contributed by atoms with Gasteiger partial charge in [0.1, 0.15) is 5.41 Å². The molecular formula is C12H23N3O3.